The highest BCUT2D eigenvalue weighted by Gasteiger charge is 2.24. The van der Waals surface area contributed by atoms with E-state index >= 15 is 0 Å². The van der Waals surface area contributed by atoms with Crippen LogP contribution >= 0.6 is 0 Å². The Labute approximate surface area is 99.9 Å². The summed E-state index contributed by atoms with van der Waals surface area (Å²) in [7, 11) is 8.21. The predicted molar refractivity (Wildman–Crippen MR) is 67.9 cm³/mol. The van der Waals surface area contributed by atoms with Gasteiger partial charge in [-0.25, -0.2) is 0 Å². The average Bonchev–Trinajstić information content (AvgIpc) is 2.64. The van der Waals surface area contributed by atoms with Gasteiger partial charge in [0, 0.05) is 32.3 Å². The van der Waals surface area contributed by atoms with Gasteiger partial charge in [0.25, 0.3) is 0 Å². The first-order valence-electron chi connectivity index (χ1n) is 6.23. The molecule has 1 rings (SSSR count). The van der Waals surface area contributed by atoms with Gasteiger partial charge in [-0.05, 0) is 40.5 Å². The topological polar surface area (TPSA) is 27.7 Å². The minimum absolute atomic E-state index is 0.476. The normalized spacial score (nSPS) is 24.2. The smallest absolute Gasteiger partial charge is 0.0630 e. The molecule has 96 valence electrons. The van der Waals surface area contributed by atoms with Crippen molar-refractivity contribution in [3.8, 4) is 0 Å². The van der Waals surface area contributed by atoms with Gasteiger partial charge < -0.3 is 15.0 Å². The highest BCUT2D eigenvalue weighted by molar-refractivity contribution is 4.81. The fraction of sp³-hybridized carbons (Fsp3) is 1.00. The van der Waals surface area contributed by atoms with Crippen LogP contribution in [0.3, 0.4) is 0 Å². The molecule has 0 amide bonds. The van der Waals surface area contributed by atoms with Crippen LogP contribution in [0.1, 0.15) is 12.8 Å². The van der Waals surface area contributed by atoms with E-state index in [1.807, 2.05) is 7.05 Å². The highest BCUT2D eigenvalue weighted by atomic mass is 16.5. The van der Waals surface area contributed by atoms with Gasteiger partial charge in [0.05, 0.1) is 6.61 Å². The van der Waals surface area contributed by atoms with Crippen LogP contribution < -0.4 is 5.32 Å². The third kappa shape index (κ3) is 4.01. The maximum atomic E-state index is 5.27. The van der Waals surface area contributed by atoms with Crippen LogP contribution in [0, 0.1) is 0 Å². The third-order valence-corrected chi connectivity index (χ3v) is 3.59. The average molecular weight is 229 g/mol. The number of likely N-dealkylation sites (N-methyl/N-ethyl adjacent to an activating group) is 3. The Hall–Kier alpha value is -0.160. The summed E-state index contributed by atoms with van der Waals surface area (Å²) in [4.78, 5) is 4.90. The number of ether oxygens (including phenoxy) is 1. The number of nitrogens with zero attached hydrogens (tertiary/aromatic N) is 2. The molecule has 4 heteroatoms. The van der Waals surface area contributed by atoms with Crippen LogP contribution in [-0.2, 0) is 4.74 Å². The van der Waals surface area contributed by atoms with Gasteiger partial charge in [0.1, 0.15) is 0 Å². The molecule has 1 aliphatic heterocycles. The molecule has 0 aromatic heterocycles. The Morgan fingerprint density at radius 1 is 1.56 bits per heavy atom. The number of hydrogen-bond acceptors (Lipinski definition) is 4. The maximum Gasteiger partial charge on any atom is 0.0630 e. The van der Waals surface area contributed by atoms with Crippen molar-refractivity contribution in [3.63, 3.8) is 0 Å². The van der Waals surface area contributed by atoms with E-state index in [1.54, 1.807) is 7.11 Å². The lowest BCUT2D eigenvalue weighted by molar-refractivity contribution is 0.0914. The number of nitrogens with one attached hydrogen (secondary N) is 1. The van der Waals surface area contributed by atoms with Crippen molar-refractivity contribution in [1.82, 2.24) is 15.1 Å². The van der Waals surface area contributed by atoms with E-state index < -0.39 is 0 Å². The van der Waals surface area contributed by atoms with Crippen LogP contribution in [0.2, 0.25) is 0 Å². The number of hydrogen-bond donors (Lipinski definition) is 1. The Morgan fingerprint density at radius 2 is 2.31 bits per heavy atom. The third-order valence-electron chi connectivity index (χ3n) is 3.59. The summed E-state index contributed by atoms with van der Waals surface area (Å²) in [6.45, 7) is 4.18. The fourth-order valence-electron chi connectivity index (χ4n) is 2.46. The van der Waals surface area contributed by atoms with Crippen molar-refractivity contribution >= 4 is 0 Å². The first kappa shape index (κ1) is 13.9. The van der Waals surface area contributed by atoms with Crippen LogP contribution in [0.15, 0.2) is 0 Å². The molecule has 2 atom stereocenters. The summed E-state index contributed by atoms with van der Waals surface area (Å²) in [5.74, 6) is 0. The van der Waals surface area contributed by atoms with Crippen LogP contribution in [0.4, 0.5) is 0 Å². The second-order valence-corrected chi connectivity index (χ2v) is 4.88. The number of likely N-dealkylation sites (tertiary alicyclic amines) is 1. The molecule has 16 heavy (non-hydrogen) atoms. The Kier molecular flexibility index (Phi) is 6.28. The predicted octanol–water partition coefficient (Wildman–Crippen LogP) is 0.247. The van der Waals surface area contributed by atoms with Crippen LogP contribution in [0.5, 0.6) is 0 Å². The van der Waals surface area contributed by atoms with Gasteiger partial charge in [-0.15, -0.1) is 0 Å². The molecule has 0 radical (unpaired) electrons. The molecule has 0 aromatic carbocycles. The molecule has 0 spiro atoms. The summed E-state index contributed by atoms with van der Waals surface area (Å²) in [5.41, 5.74) is 0. The molecule has 0 aromatic rings. The quantitative estimate of drug-likeness (QED) is 0.677. The van der Waals surface area contributed by atoms with Gasteiger partial charge in [0.2, 0.25) is 0 Å². The van der Waals surface area contributed by atoms with E-state index in [-0.39, 0.29) is 0 Å². The van der Waals surface area contributed by atoms with Gasteiger partial charge in [0.15, 0.2) is 0 Å². The lowest BCUT2D eigenvalue weighted by Gasteiger charge is -2.31. The van der Waals surface area contributed by atoms with E-state index in [9.17, 15) is 0 Å². The van der Waals surface area contributed by atoms with Crippen LogP contribution in [-0.4, -0.2) is 76.4 Å². The van der Waals surface area contributed by atoms with E-state index in [4.69, 9.17) is 4.74 Å². The lowest BCUT2D eigenvalue weighted by Crippen LogP contribution is -2.47. The molecule has 2 unspecified atom stereocenters. The Balaban J connectivity index is 2.37. The molecule has 0 aliphatic carbocycles. The summed E-state index contributed by atoms with van der Waals surface area (Å²) < 4.78 is 5.27. The molecular formula is C12H27N3O. The molecule has 1 saturated heterocycles. The first-order chi connectivity index (χ1) is 7.69. The summed E-state index contributed by atoms with van der Waals surface area (Å²) in [6, 6.07) is 1.20. The zero-order chi connectivity index (χ0) is 12.0. The van der Waals surface area contributed by atoms with Gasteiger partial charge in [-0.2, -0.15) is 0 Å². The monoisotopic (exact) mass is 229 g/mol. The molecule has 0 saturated carbocycles. The molecular weight excluding hydrogens is 202 g/mol. The fourth-order valence-corrected chi connectivity index (χ4v) is 2.46. The van der Waals surface area contributed by atoms with Gasteiger partial charge in [-0.1, -0.05) is 0 Å². The number of rotatable bonds is 7. The Bertz CT molecular complexity index is 183. The molecule has 4 nitrogen and oxygen atoms in total. The van der Waals surface area contributed by atoms with Crippen LogP contribution in [0.25, 0.3) is 0 Å². The lowest BCUT2D eigenvalue weighted by atomic mass is 10.2. The van der Waals surface area contributed by atoms with Crippen molar-refractivity contribution in [2.45, 2.75) is 24.9 Å². The number of methoxy groups -OCH3 is 1. The van der Waals surface area contributed by atoms with Crippen molar-refractivity contribution < 1.29 is 4.74 Å². The molecule has 1 N–H and O–H groups in total. The summed E-state index contributed by atoms with van der Waals surface area (Å²) in [6.07, 6.45) is 2.68. The van der Waals surface area contributed by atoms with Gasteiger partial charge >= 0.3 is 0 Å². The van der Waals surface area contributed by atoms with E-state index in [0.29, 0.717) is 6.04 Å². The van der Waals surface area contributed by atoms with Gasteiger partial charge in [-0.3, -0.25) is 4.90 Å². The molecule has 1 fully saturated rings. The van der Waals surface area contributed by atoms with E-state index in [1.165, 1.54) is 19.4 Å². The minimum atomic E-state index is 0.476. The van der Waals surface area contributed by atoms with Crippen molar-refractivity contribution in [1.29, 1.82) is 0 Å². The molecule has 1 heterocycles. The molecule has 1 aliphatic rings. The maximum absolute atomic E-state index is 5.27. The standard InChI is InChI=1S/C12H27N3O/c1-13-8-12(10-16-4)15(3)9-11-6-5-7-14(11)2/h11-13H,5-10H2,1-4H3. The zero-order valence-electron chi connectivity index (χ0n) is 11.2. The van der Waals surface area contributed by atoms with Crippen molar-refractivity contribution in [2.75, 3.05) is 54.5 Å². The van der Waals surface area contributed by atoms with Crippen molar-refractivity contribution in [3.05, 3.63) is 0 Å². The van der Waals surface area contributed by atoms with E-state index in [0.717, 1.165) is 25.7 Å². The summed E-state index contributed by atoms with van der Waals surface area (Å²) in [5, 5.41) is 3.23. The first-order valence-corrected chi connectivity index (χ1v) is 6.23. The van der Waals surface area contributed by atoms with E-state index in [2.05, 4.69) is 29.2 Å². The largest absolute Gasteiger partial charge is 0.383 e. The Morgan fingerprint density at radius 3 is 2.81 bits per heavy atom. The second-order valence-electron chi connectivity index (χ2n) is 4.88. The molecule has 0 bridgehead atoms. The second kappa shape index (κ2) is 7.22. The summed E-state index contributed by atoms with van der Waals surface area (Å²) >= 11 is 0. The van der Waals surface area contributed by atoms with Crippen molar-refractivity contribution in [2.24, 2.45) is 0 Å². The SMILES string of the molecule is CNCC(COC)N(C)CC1CCCN1C. The highest BCUT2D eigenvalue weighted by Crippen LogP contribution is 2.16. The zero-order valence-corrected chi connectivity index (χ0v) is 11.2. The minimum Gasteiger partial charge on any atom is -0.383 e.